The Morgan fingerprint density at radius 1 is 0.543 bits per heavy atom. The zero-order valence-electron chi connectivity index (χ0n) is 19.5. The van der Waals surface area contributed by atoms with Gasteiger partial charge in [0.15, 0.2) is 0 Å². The van der Waals surface area contributed by atoms with Crippen LogP contribution in [-0.2, 0) is 34.2 Å². The molecule has 0 nitrogen and oxygen atoms in total. The summed E-state index contributed by atoms with van der Waals surface area (Å²) in [5.74, 6) is 0. The molecule has 35 heavy (non-hydrogen) atoms. The van der Waals surface area contributed by atoms with E-state index in [0.717, 1.165) is 5.30 Å². The Hall–Kier alpha value is -2.08. The van der Waals surface area contributed by atoms with E-state index >= 15 is 0 Å². The Kier molecular flexibility index (Phi) is 10.9. The fourth-order valence-corrected chi connectivity index (χ4v) is 8.81. The van der Waals surface area contributed by atoms with E-state index in [0.29, 0.717) is 0 Å². The quantitative estimate of drug-likeness (QED) is 0.129. The summed E-state index contributed by atoms with van der Waals surface area (Å²) in [5, 5.41) is 6.72. The van der Waals surface area contributed by atoms with E-state index < -0.39 is 14.0 Å². The summed E-state index contributed by atoms with van der Waals surface area (Å²) in [4.78, 5) is 0. The molecule has 0 N–H and O–H groups in total. The van der Waals surface area contributed by atoms with Crippen molar-refractivity contribution in [2.45, 2.75) is 0 Å². The number of rotatable bonds is 5. The molecular weight excluding hydrogens is 663 g/mol. The van der Waals surface area contributed by atoms with Gasteiger partial charge in [-0.15, -0.1) is 5.30 Å². The zero-order chi connectivity index (χ0) is 23.6. The third-order valence-corrected chi connectivity index (χ3v) is 12.0. The number of hydrogen-bond acceptors (Lipinski definition) is 1. The molecule has 0 bridgehead atoms. The van der Waals surface area contributed by atoms with Crippen LogP contribution < -0.4 is 26.5 Å². The van der Waals surface area contributed by atoms with Crippen molar-refractivity contribution in [2.75, 3.05) is 6.66 Å². The summed E-state index contributed by atoms with van der Waals surface area (Å²) in [7, 11) is -0.877. The maximum atomic E-state index is 5.76. The first-order chi connectivity index (χ1) is 16.7. The minimum atomic E-state index is -1.62. The Labute approximate surface area is 231 Å². The standard InChI is InChI=1S/C18H15P.C13H12PS.Au/c1-4-10-16(11-5-1)19(17-12-6-2-7-13-17)18-14-8-3-9-15-18;1-14(15,12-8-4-2-5-9-12)13-10-6-3-7-11-13;/h1-15H;2-10H,1H3;/q;-1;+1/p+1. The molecule has 1 unspecified atom stereocenters. The monoisotopic (exact) mass is 691 g/mol. The summed E-state index contributed by atoms with van der Waals surface area (Å²) in [5.41, 5.74) is 0. The van der Waals surface area contributed by atoms with Crippen molar-refractivity contribution < 1.29 is 22.4 Å². The van der Waals surface area contributed by atoms with Crippen molar-refractivity contribution in [3.8, 4) is 0 Å². The fourth-order valence-electron chi connectivity index (χ4n) is 3.82. The van der Waals surface area contributed by atoms with Crippen LogP contribution in [0.25, 0.3) is 0 Å². The van der Waals surface area contributed by atoms with Crippen LogP contribution >= 0.6 is 14.0 Å². The van der Waals surface area contributed by atoms with Gasteiger partial charge < -0.3 is 0 Å². The minimum Gasteiger partial charge on any atom is -0.176 e. The van der Waals surface area contributed by atoms with E-state index in [1.807, 2.05) is 36.4 Å². The Morgan fingerprint density at radius 3 is 1.29 bits per heavy atom. The van der Waals surface area contributed by atoms with Crippen molar-refractivity contribution in [2.24, 2.45) is 0 Å². The summed E-state index contributed by atoms with van der Waals surface area (Å²) in [6.45, 7) is 2.16. The van der Waals surface area contributed by atoms with Gasteiger partial charge in [0.2, 0.25) is 0 Å². The van der Waals surface area contributed by atoms with E-state index in [2.05, 4.69) is 122 Å². The molecule has 0 aromatic heterocycles. The van der Waals surface area contributed by atoms with Crippen LogP contribution in [0.2, 0.25) is 0 Å². The van der Waals surface area contributed by atoms with Crippen molar-refractivity contribution >= 4 is 52.3 Å². The molecular formula is C31H28AuP2S+. The molecule has 0 aliphatic heterocycles. The predicted octanol–water partition coefficient (Wildman–Crippen LogP) is 5.72. The second kappa shape index (κ2) is 13.9. The summed E-state index contributed by atoms with van der Waals surface area (Å²) >= 11 is 5.76. The number of benzene rings is 5. The van der Waals surface area contributed by atoms with Gasteiger partial charge in [-0.05, 0) is 54.4 Å². The fraction of sp³-hybridized carbons (Fsp3) is 0.0323. The Morgan fingerprint density at radius 2 is 0.914 bits per heavy atom. The molecule has 5 aromatic rings. The third-order valence-electron chi connectivity index (χ3n) is 5.59. The van der Waals surface area contributed by atoms with Crippen LogP contribution in [0.1, 0.15) is 0 Å². The molecule has 5 rings (SSSR count). The topological polar surface area (TPSA) is 0 Å². The normalized spacial score (nSPS) is 11.9. The summed E-state index contributed by atoms with van der Waals surface area (Å²) < 4.78 is 0. The first-order valence-electron chi connectivity index (χ1n) is 11.3. The molecule has 0 saturated heterocycles. The molecule has 0 aliphatic rings. The van der Waals surface area contributed by atoms with Gasteiger partial charge >= 0.3 is 22.4 Å². The zero-order valence-corrected chi connectivity index (χ0v) is 24.4. The second-order valence-electron chi connectivity index (χ2n) is 7.98. The van der Waals surface area contributed by atoms with Crippen molar-refractivity contribution in [3.63, 3.8) is 0 Å². The van der Waals surface area contributed by atoms with Gasteiger partial charge in [-0.25, -0.2) is 0 Å². The summed E-state index contributed by atoms with van der Waals surface area (Å²) in [6.07, 6.45) is 0. The van der Waals surface area contributed by atoms with Gasteiger partial charge in [-0.2, -0.15) is 30.3 Å². The maximum Gasteiger partial charge on any atom is 1.00 e. The molecule has 0 aliphatic carbocycles. The number of hydrogen-bond donors (Lipinski definition) is 0. The second-order valence-corrected chi connectivity index (χ2v) is 15.5. The van der Waals surface area contributed by atoms with Crippen molar-refractivity contribution in [1.29, 1.82) is 0 Å². The smallest absolute Gasteiger partial charge is 0.176 e. The van der Waals surface area contributed by atoms with E-state index in [1.165, 1.54) is 21.2 Å². The molecule has 4 heteroatoms. The molecule has 178 valence electrons. The molecule has 1 atom stereocenters. The van der Waals surface area contributed by atoms with Gasteiger partial charge in [0.05, 0.1) is 7.92 Å². The molecule has 0 radical (unpaired) electrons. The van der Waals surface area contributed by atoms with Gasteiger partial charge in [0.25, 0.3) is 0 Å². The van der Waals surface area contributed by atoms with Crippen LogP contribution in [0, 0.1) is 6.07 Å². The SMILES string of the molecule is CP(=S)(c1[c-]cccc1)c1ccccc1.[Au+].c1ccc([PH+](c2ccccc2)c2ccccc2)cc1. The van der Waals surface area contributed by atoms with Gasteiger partial charge in [0, 0.05) is 0 Å². The van der Waals surface area contributed by atoms with E-state index in [9.17, 15) is 0 Å². The van der Waals surface area contributed by atoms with Gasteiger partial charge in [0.1, 0.15) is 15.9 Å². The molecule has 0 saturated carbocycles. The van der Waals surface area contributed by atoms with Crippen LogP contribution in [-0.4, -0.2) is 6.66 Å². The average Bonchev–Trinajstić information content (AvgIpc) is 2.92. The van der Waals surface area contributed by atoms with Crippen molar-refractivity contribution in [3.05, 3.63) is 152 Å². The van der Waals surface area contributed by atoms with E-state index in [-0.39, 0.29) is 22.4 Å². The van der Waals surface area contributed by atoms with E-state index in [4.69, 9.17) is 11.8 Å². The van der Waals surface area contributed by atoms with Crippen molar-refractivity contribution in [1.82, 2.24) is 0 Å². The van der Waals surface area contributed by atoms with Crippen LogP contribution in [0.4, 0.5) is 0 Å². The molecule has 0 spiro atoms. The average molecular weight is 692 g/mol. The van der Waals surface area contributed by atoms with Crippen LogP contribution in [0.15, 0.2) is 146 Å². The maximum absolute atomic E-state index is 5.76. The molecule has 0 amide bonds. The first-order valence-corrected chi connectivity index (χ1v) is 16.0. The summed E-state index contributed by atoms with van der Waals surface area (Å²) in [6, 6.07) is 52.5. The predicted molar refractivity (Wildman–Crippen MR) is 158 cm³/mol. The van der Waals surface area contributed by atoms with Gasteiger partial charge in [-0.1, -0.05) is 96.7 Å². The molecule has 0 heterocycles. The van der Waals surface area contributed by atoms with Crippen LogP contribution in [0.5, 0.6) is 0 Å². The first kappa shape index (κ1) is 27.5. The minimum absolute atomic E-state index is 0. The Balaban J connectivity index is 0.000000195. The Bertz CT molecular complexity index is 1180. The van der Waals surface area contributed by atoms with Gasteiger partial charge in [-0.3, -0.25) is 0 Å². The largest absolute Gasteiger partial charge is 1.00 e. The third kappa shape index (κ3) is 7.45. The van der Waals surface area contributed by atoms with Crippen LogP contribution in [0.3, 0.4) is 0 Å². The van der Waals surface area contributed by atoms with E-state index in [1.54, 1.807) is 0 Å². The molecule has 0 fully saturated rings. The molecule has 5 aromatic carbocycles.